The van der Waals surface area contributed by atoms with Gasteiger partial charge in [0, 0.05) is 38.4 Å². The van der Waals surface area contributed by atoms with Crippen molar-refractivity contribution in [2.24, 2.45) is 9.98 Å². The first-order valence-electron chi connectivity index (χ1n) is 15.3. The zero-order valence-corrected chi connectivity index (χ0v) is 24.6. The fourth-order valence-electron chi connectivity index (χ4n) is 6.60. The van der Waals surface area contributed by atoms with E-state index in [4.69, 9.17) is 14.4 Å². The van der Waals surface area contributed by atoms with Crippen molar-refractivity contribution in [1.29, 1.82) is 5.26 Å². The quantitative estimate of drug-likeness (QED) is 0.224. The molecule has 2 N–H and O–H groups in total. The van der Waals surface area contributed by atoms with E-state index in [1.54, 1.807) is 0 Å². The Bertz CT molecular complexity index is 2570. The molecule has 2 aromatic heterocycles. The Balaban J connectivity index is 1.18. The van der Waals surface area contributed by atoms with Gasteiger partial charge in [0.1, 0.15) is 11.2 Å². The molecule has 0 saturated carbocycles. The van der Waals surface area contributed by atoms with Gasteiger partial charge in [-0.3, -0.25) is 5.32 Å². The maximum Gasteiger partial charge on any atom is 0.235 e. The molecule has 6 heteroatoms. The summed E-state index contributed by atoms with van der Waals surface area (Å²) in [5.41, 5.74) is 8.61. The summed E-state index contributed by atoms with van der Waals surface area (Å²) in [6, 6.07) is 49.7. The van der Waals surface area contributed by atoms with Crippen molar-refractivity contribution in [2.75, 3.05) is 0 Å². The van der Waals surface area contributed by atoms with Crippen LogP contribution in [-0.2, 0) is 0 Å². The van der Waals surface area contributed by atoms with Crippen molar-refractivity contribution >= 4 is 55.4 Å². The largest absolute Gasteiger partial charge is 0.456 e. The van der Waals surface area contributed by atoms with Crippen molar-refractivity contribution in [3.63, 3.8) is 0 Å². The molecule has 0 amide bonds. The normalized spacial score (nSPS) is 14.9. The van der Waals surface area contributed by atoms with E-state index in [9.17, 15) is 5.26 Å². The summed E-state index contributed by atoms with van der Waals surface area (Å²) in [5.74, 6) is 1.52. The third kappa shape index (κ3) is 4.22. The SMILES string of the molecule is N#Cc1cccc(C2N=C(c3ccc(-n4c5ccccc5c5cc6oc7ccccc7c6cc54)cc3)N=C(c3ccccc3)[NH2+]2)c1. The van der Waals surface area contributed by atoms with Gasteiger partial charge in [-0.25, -0.2) is 4.99 Å². The van der Waals surface area contributed by atoms with E-state index in [2.05, 4.69) is 101 Å². The van der Waals surface area contributed by atoms with Gasteiger partial charge in [-0.2, -0.15) is 10.3 Å². The van der Waals surface area contributed by atoms with Crippen molar-refractivity contribution in [3.8, 4) is 11.8 Å². The molecule has 1 aliphatic heterocycles. The zero-order chi connectivity index (χ0) is 30.6. The average Bonchev–Trinajstić information content (AvgIpc) is 3.65. The minimum absolute atomic E-state index is 0.264. The van der Waals surface area contributed by atoms with Crippen LogP contribution in [0.2, 0.25) is 0 Å². The van der Waals surface area contributed by atoms with Gasteiger partial charge in [0.05, 0.1) is 28.2 Å². The number of aliphatic imine (C=N–C) groups is 2. The fraction of sp³-hybridized carbons (Fsp3) is 0.0250. The second-order valence-electron chi connectivity index (χ2n) is 11.5. The van der Waals surface area contributed by atoms with Crippen LogP contribution in [0, 0.1) is 11.3 Å². The molecule has 1 unspecified atom stereocenters. The van der Waals surface area contributed by atoms with Gasteiger partial charge in [-0.15, -0.1) is 0 Å². The number of para-hydroxylation sites is 2. The summed E-state index contributed by atoms with van der Waals surface area (Å²) >= 11 is 0. The van der Waals surface area contributed by atoms with Crippen LogP contribution in [-0.4, -0.2) is 16.2 Å². The minimum atomic E-state index is -0.264. The van der Waals surface area contributed by atoms with Gasteiger partial charge in [-0.05, 0) is 72.8 Å². The number of aromatic nitrogens is 1. The number of nitrogens with two attached hydrogens (primary N) is 1. The maximum atomic E-state index is 9.52. The number of nitriles is 1. The summed E-state index contributed by atoms with van der Waals surface area (Å²) in [7, 11) is 0. The topological polar surface area (TPSA) is 83.2 Å². The second kappa shape index (κ2) is 10.4. The second-order valence-corrected chi connectivity index (χ2v) is 11.5. The van der Waals surface area contributed by atoms with Crippen molar-refractivity contribution in [3.05, 3.63) is 162 Å². The number of fused-ring (bicyclic) bond motifs is 6. The van der Waals surface area contributed by atoms with Crippen molar-refractivity contribution in [2.45, 2.75) is 6.17 Å². The first-order valence-corrected chi connectivity index (χ1v) is 15.3. The molecule has 0 fully saturated rings. The predicted octanol–water partition coefficient (Wildman–Crippen LogP) is 8.02. The number of nitrogens with zero attached hydrogens (tertiary/aromatic N) is 4. The molecule has 216 valence electrons. The summed E-state index contributed by atoms with van der Waals surface area (Å²) in [4.78, 5) is 10.1. The highest BCUT2D eigenvalue weighted by molar-refractivity contribution is 6.17. The molecule has 9 rings (SSSR count). The summed E-state index contributed by atoms with van der Waals surface area (Å²) < 4.78 is 8.57. The van der Waals surface area contributed by atoms with Crippen LogP contribution in [0.3, 0.4) is 0 Å². The number of benzene rings is 6. The van der Waals surface area contributed by atoms with Crippen LogP contribution in [0.4, 0.5) is 0 Å². The Hall–Kier alpha value is -6.29. The highest BCUT2D eigenvalue weighted by Gasteiger charge is 2.26. The van der Waals surface area contributed by atoms with Crippen LogP contribution >= 0.6 is 0 Å². The number of furan rings is 1. The standard InChI is InChI=1S/C40H25N5O/c41-24-25-9-8-12-28(21-25)40-43-38(26-10-2-1-3-11-26)42-39(44-40)27-17-19-29(20-18-27)45-34-15-6-4-13-30(34)32-23-37-33(22-35(32)45)31-14-5-7-16-36(31)46-37/h1-23,40H,(H,42,43,44)/p+1. The predicted molar refractivity (Wildman–Crippen MR) is 183 cm³/mol. The highest BCUT2D eigenvalue weighted by atomic mass is 16.3. The molecule has 6 nitrogen and oxygen atoms in total. The van der Waals surface area contributed by atoms with Gasteiger partial charge < -0.3 is 8.98 Å². The Labute approximate surface area is 264 Å². The van der Waals surface area contributed by atoms with E-state index >= 15 is 0 Å². The lowest BCUT2D eigenvalue weighted by molar-refractivity contribution is -0.586. The third-order valence-corrected chi connectivity index (χ3v) is 8.79. The monoisotopic (exact) mass is 592 g/mol. The fourth-order valence-corrected chi connectivity index (χ4v) is 6.60. The van der Waals surface area contributed by atoms with Crippen LogP contribution in [0.5, 0.6) is 0 Å². The molecule has 0 aliphatic carbocycles. The number of quaternary nitrogens is 1. The molecule has 8 aromatic rings. The molecular formula is C40H26N5O+. The summed E-state index contributed by atoms with van der Waals surface area (Å²) in [6.45, 7) is 0. The van der Waals surface area contributed by atoms with Gasteiger partial charge in [0.25, 0.3) is 0 Å². The zero-order valence-electron chi connectivity index (χ0n) is 24.6. The van der Waals surface area contributed by atoms with Gasteiger partial charge in [0.15, 0.2) is 5.84 Å². The molecule has 0 saturated heterocycles. The van der Waals surface area contributed by atoms with Gasteiger partial charge in [-0.1, -0.05) is 66.7 Å². The molecule has 0 spiro atoms. The lowest BCUT2D eigenvalue weighted by Gasteiger charge is -2.19. The van der Waals surface area contributed by atoms with E-state index in [0.29, 0.717) is 11.4 Å². The lowest BCUT2D eigenvalue weighted by atomic mass is 10.1. The summed E-state index contributed by atoms with van der Waals surface area (Å²) in [6.07, 6.45) is -0.264. The Morgan fingerprint density at radius 2 is 1.41 bits per heavy atom. The molecule has 1 atom stereocenters. The van der Waals surface area contributed by atoms with Crippen LogP contribution in [0.1, 0.15) is 28.4 Å². The van der Waals surface area contributed by atoms with Crippen LogP contribution in [0.25, 0.3) is 49.4 Å². The smallest absolute Gasteiger partial charge is 0.235 e. The van der Waals surface area contributed by atoms with Crippen LogP contribution in [0.15, 0.2) is 154 Å². The molecule has 0 bridgehead atoms. The van der Waals surface area contributed by atoms with E-state index < -0.39 is 0 Å². The molecular weight excluding hydrogens is 566 g/mol. The first kappa shape index (κ1) is 26.1. The number of rotatable bonds is 4. The maximum absolute atomic E-state index is 9.52. The van der Waals surface area contributed by atoms with E-state index in [1.165, 1.54) is 5.39 Å². The van der Waals surface area contributed by atoms with E-state index in [-0.39, 0.29) is 6.17 Å². The molecule has 3 heterocycles. The highest BCUT2D eigenvalue weighted by Crippen LogP contribution is 2.38. The Morgan fingerprint density at radius 1 is 0.630 bits per heavy atom. The molecule has 0 radical (unpaired) electrons. The first-order chi connectivity index (χ1) is 22.7. The molecule has 1 aliphatic rings. The van der Waals surface area contributed by atoms with E-state index in [0.717, 1.165) is 66.6 Å². The Morgan fingerprint density at radius 3 is 2.26 bits per heavy atom. The third-order valence-electron chi connectivity index (χ3n) is 8.79. The Kier molecular flexibility index (Phi) is 5.92. The van der Waals surface area contributed by atoms with E-state index in [1.807, 2.05) is 54.6 Å². The number of amidine groups is 2. The van der Waals surface area contributed by atoms with Crippen molar-refractivity contribution in [1.82, 2.24) is 4.57 Å². The van der Waals surface area contributed by atoms with Gasteiger partial charge in [0.2, 0.25) is 12.0 Å². The summed E-state index contributed by atoms with van der Waals surface area (Å²) in [5, 5.41) is 16.1. The number of hydrogen-bond donors (Lipinski definition) is 1. The van der Waals surface area contributed by atoms with Crippen LogP contribution < -0.4 is 5.32 Å². The molecule has 6 aromatic carbocycles. The van der Waals surface area contributed by atoms with Gasteiger partial charge >= 0.3 is 0 Å². The average molecular weight is 593 g/mol. The lowest BCUT2D eigenvalue weighted by Crippen LogP contribution is -2.90. The number of hydrogen-bond acceptors (Lipinski definition) is 4. The van der Waals surface area contributed by atoms with Crippen molar-refractivity contribution < 1.29 is 9.73 Å². The minimum Gasteiger partial charge on any atom is -0.456 e. The molecule has 46 heavy (non-hydrogen) atoms.